The second-order valence-corrected chi connectivity index (χ2v) is 10.3. The van der Waals surface area contributed by atoms with E-state index < -0.39 is 15.7 Å². The van der Waals surface area contributed by atoms with Crippen LogP contribution in [0.2, 0.25) is 0 Å². The zero-order valence-corrected chi connectivity index (χ0v) is 20.3. The van der Waals surface area contributed by atoms with Crippen molar-refractivity contribution < 1.29 is 31.8 Å². The van der Waals surface area contributed by atoms with Crippen molar-refractivity contribution in [3.63, 3.8) is 0 Å². The van der Waals surface area contributed by atoms with Crippen molar-refractivity contribution in [1.82, 2.24) is 10.2 Å². The minimum absolute atomic E-state index is 0.233. The van der Waals surface area contributed by atoms with E-state index in [1.165, 1.54) is 6.08 Å². The van der Waals surface area contributed by atoms with Crippen LogP contribution in [0.15, 0.2) is 24.8 Å². The van der Waals surface area contributed by atoms with E-state index in [0.29, 0.717) is 36.2 Å². The Kier molecular flexibility index (Phi) is 13.7. The van der Waals surface area contributed by atoms with Crippen LogP contribution in [-0.4, -0.2) is 100.0 Å². The van der Waals surface area contributed by atoms with E-state index in [-0.39, 0.29) is 17.6 Å². The summed E-state index contributed by atoms with van der Waals surface area (Å²) in [5.41, 5.74) is 0.0242. The largest absolute Gasteiger partial charge is 0.461 e. The van der Waals surface area contributed by atoms with Crippen molar-refractivity contribution in [2.24, 2.45) is 0 Å². The molecule has 2 N–H and O–H groups in total. The summed E-state index contributed by atoms with van der Waals surface area (Å²) in [5, 5.41) is 2.83. The lowest BCUT2D eigenvalue weighted by Gasteiger charge is -2.37. The van der Waals surface area contributed by atoms with Crippen molar-refractivity contribution in [3.05, 3.63) is 24.8 Å². The van der Waals surface area contributed by atoms with Gasteiger partial charge < -0.3 is 19.4 Å². The van der Waals surface area contributed by atoms with Crippen LogP contribution in [0.3, 0.4) is 0 Å². The highest BCUT2D eigenvalue weighted by molar-refractivity contribution is 7.85. The molecule has 0 atom stereocenters. The highest BCUT2D eigenvalue weighted by atomic mass is 32.2. The third kappa shape index (κ3) is 19.6. The molecule has 0 fully saturated rings. The lowest BCUT2D eigenvalue weighted by molar-refractivity contribution is -0.893. The second kappa shape index (κ2) is 13.5. The maximum atomic E-state index is 11.3. The van der Waals surface area contributed by atoms with E-state index >= 15 is 0 Å². The van der Waals surface area contributed by atoms with E-state index in [2.05, 4.69) is 18.5 Å². The lowest BCUT2D eigenvalue weighted by Crippen LogP contribution is -2.57. The number of likely N-dealkylation sites (N-methyl/N-ethyl adjacent to an activating group) is 2. The van der Waals surface area contributed by atoms with Crippen molar-refractivity contribution in [2.75, 3.05) is 60.2 Å². The Hall–Kier alpha value is -1.75. The Morgan fingerprint density at radius 3 is 2.20 bits per heavy atom. The SMILES string of the molecule is C=C(C)C(=O)OCCN(C)C.C=CC(=O)NC(C)(C)C[N+](C)(C)CCCS(=O)(=O)O. The Morgan fingerprint density at radius 1 is 1.27 bits per heavy atom. The molecule has 0 rings (SSSR count). The van der Waals surface area contributed by atoms with Gasteiger partial charge in [0.1, 0.15) is 13.2 Å². The van der Waals surface area contributed by atoms with Gasteiger partial charge in [0.2, 0.25) is 5.91 Å². The summed E-state index contributed by atoms with van der Waals surface area (Å²) in [4.78, 5) is 24.0. The van der Waals surface area contributed by atoms with E-state index in [1.807, 2.05) is 46.9 Å². The second-order valence-electron chi connectivity index (χ2n) is 8.75. The maximum absolute atomic E-state index is 11.3. The zero-order valence-electron chi connectivity index (χ0n) is 19.5. The van der Waals surface area contributed by atoms with Gasteiger partial charge in [-0.1, -0.05) is 13.2 Å². The number of nitrogens with zero attached hydrogens (tertiary/aromatic N) is 2. The summed E-state index contributed by atoms with van der Waals surface area (Å²) in [5.74, 6) is -0.788. The first kappa shape index (κ1) is 30.4. The first-order chi connectivity index (χ1) is 13.4. The summed E-state index contributed by atoms with van der Waals surface area (Å²) in [7, 11) is 3.84. The Labute approximate surface area is 182 Å². The van der Waals surface area contributed by atoms with Gasteiger partial charge in [-0.3, -0.25) is 9.35 Å². The van der Waals surface area contributed by atoms with Crippen molar-refractivity contribution in [3.8, 4) is 0 Å². The molecule has 0 aliphatic carbocycles. The summed E-state index contributed by atoms with van der Waals surface area (Å²) < 4.78 is 35.4. The normalized spacial score (nSPS) is 11.9. The molecule has 0 radical (unpaired) electrons. The highest BCUT2D eigenvalue weighted by Crippen LogP contribution is 2.11. The quantitative estimate of drug-likeness (QED) is 0.198. The molecule has 0 aromatic carbocycles. The molecule has 0 saturated heterocycles. The summed E-state index contributed by atoms with van der Waals surface area (Å²) >= 11 is 0. The Morgan fingerprint density at radius 2 is 1.80 bits per heavy atom. The average molecular weight is 451 g/mol. The number of ether oxygens (including phenoxy) is 1. The molecule has 0 aliphatic rings. The number of hydrogen-bond donors (Lipinski definition) is 2. The van der Waals surface area contributed by atoms with Crippen LogP contribution in [0.5, 0.6) is 0 Å². The van der Waals surface area contributed by atoms with Gasteiger partial charge >= 0.3 is 5.97 Å². The number of nitrogens with one attached hydrogen (secondary N) is 1. The number of carbonyl (C=O) groups excluding carboxylic acids is 2. The Balaban J connectivity index is 0. The molecule has 10 heteroatoms. The summed E-state index contributed by atoms with van der Waals surface area (Å²) in [6.07, 6.45) is 1.59. The minimum atomic E-state index is -3.91. The number of hydrogen-bond acceptors (Lipinski definition) is 6. The average Bonchev–Trinajstić information content (AvgIpc) is 2.51. The molecule has 176 valence electrons. The molecule has 9 nitrogen and oxygen atoms in total. The van der Waals surface area contributed by atoms with E-state index in [4.69, 9.17) is 9.29 Å². The topological polar surface area (TPSA) is 113 Å². The van der Waals surface area contributed by atoms with Crippen LogP contribution in [0, 0.1) is 0 Å². The van der Waals surface area contributed by atoms with Gasteiger partial charge in [-0.15, -0.1) is 0 Å². The summed E-state index contributed by atoms with van der Waals surface area (Å²) in [6, 6.07) is 0. The first-order valence-corrected chi connectivity index (χ1v) is 11.2. The number of esters is 1. The van der Waals surface area contributed by atoms with Crippen LogP contribution in [0.25, 0.3) is 0 Å². The smallest absolute Gasteiger partial charge is 0.333 e. The van der Waals surface area contributed by atoms with Crippen LogP contribution < -0.4 is 5.32 Å². The molecule has 0 aromatic heterocycles. The van der Waals surface area contributed by atoms with Crippen LogP contribution >= 0.6 is 0 Å². The Bertz CT molecular complexity index is 685. The number of carbonyl (C=O) groups is 2. The van der Waals surface area contributed by atoms with Gasteiger partial charge in [0.25, 0.3) is 10.1 Å². The third-order valence-corrected chi connectivity index (χ3v) is 4.56. The van der Waals surface area contributed by atoms with Crippen LogP contribution in [0.4, 0.5) is 0 Å². The van der Waals surface area contributed by atoms with Gasteiger partial charge in [-0.25, -0.2) is 4.79 Å². The molecule has 0 bridgehead atoms. The van der Waals surface area contributed by atoms with Gasteiger partial charge in [-0.2, -0.15) is 8.42 Å². The molecular formula is C20H40N3O6S+. The van der Waals surface area contributed by atoms with Crippen LogP contribution in [-0.2, 0) is 24.4 Å². The number of amides is 1. The number of rotatable bonds is 12. The van der Waals surface area contributed by atoms with Crippen molar-refractivity contribution in [1.29, 1.82) is 0 Å². The fourth-order valence-corrected chi connectivity index (χ4v) is 3.19. The van der Waals surface area contributed by atoms with Crippen LogP contribution in [0.1, 0.15) is 27.2 Å². The third-order valence-electron chi connectivity index (χ3n) is 3.76. The first-order valence-electron chi connectivity index (χ1n) is 9.60. The molecule has 0 aromatic rings. The van der Waals surface area contributed by atoms with Gasteiger partial charge in [0, 0.05) is 18.5 Å². The van der Waals surface area contributed by atoms with Crippen molar-refractivity contribution >= 4 is 22.0 Å². The van der Waals surface area contributed by atoms with E-state index in [0.717, 1.165) is 6.54 Å². The lowest BCUT2D eigenvalue weighted by atomic mass is 10.0. The standard InChI is InChI=1S/C12H24N2O4S.C8H15NO2/c1-6-11(15)13-12(2,3)10-14(4,5)8-7-9-19(16,17)18;1-7(2)8(10)11-6-5-9(3)4/h6H,1,7-10H2,2-5H3,(H-,13,15,16,17,18);1,5-6H2,2-4H3/p+1. The fourth-order valence-electron chi connectivity index (χ4n) is 2.69. The van der Waals surface area contributed by atoms with Gasteiger partial charge in [0.05, 0.1) is 31.9 Å². The maximum Gasteiger partial charge on any atom is 0.333 e. The number of quaternary nitrogens is 1. The van der Waals surface area contributed by atoms with Crippen molar-refractivity contribution in [2.45, 2.75) is 32.7 Å². The highest BCUT2D eigenvalue weighted by Gasteiger charge is 2.29. The van der Waals surface area contributed by atoms with E-state index in [1.54, 1.807) is 6.92 Å². The predicted molar refractivity (Wildman–Crippen MR) is 120 cm³/mol. The van der Waals surface area contributed by atoms with Gasteiger partial charge in [-0.05, 0) is 40.9 Å². The molecule has 0 unspecified atom stereocenters. The molecule has 0 heterocycles. The predicted octanol–water partition coefficient (Wildman–Crippen LogP) is 1.09. The molecule has 0 aliphatic heterocycles. The molecule has 1 amide bonds. The minimum Gasteiger partial charge on any atom is -0.461 e. The molecule has 30 heavy (non-hydrogen) atoms. The monoisotopic (exact) mass is 450 g/mol. The zero-order chi connectivity index (χ0) is 24.2. The van der Waals surface area contributed by atoms with E-state index in [9.17, 15) is 18.0 Å². The fraction of sp³-hybridized carbons (Fsp3) is 0.700. The molecular weight excluding hydrogens is 410 g/mol. The summed E-state index contributed by atoms with van der Waals surface area (Å²) in [6.45, 7) is 14.7. The van der Waals surface area contributed by atoms with Gasteiger partial charge in [0.15, 0.2) is 0 Å². The molecule has 0 spiro atoms. The molecule has 0 saturated carbocycles.